The second kappa shape index (κ2) is 7.23. The quantitative estimate of drug-likeness (QED) is 0.632. The lowest BCUT2D eigenvalue weighted by Crippen LogP contribution is -2.54. The molecule has 0 radical (unpaired) electrons. The second-order valence-electron chi connectivity index (χ2n) is 8.13. The van der Waals surface area contributed by atoms with Crippen LogP contribution in [0.5, 0.6) is 5.75 Å². The predicted octanol–water partition coefficient (Wildman–Crippen LogP) is 2.59. The number of fused-ring (bicyclic) bond motifs is 3. The van der Waals surface area contributed by atoms with Gasteiger partial charge in [-0.3, -0.25) is 14.6 Å². The first-order valence-corrected chi connectivity index (χ1v) is 10.2. The minimum atomic E-state index is -0.779. The van der Waals surface area contributed by atoms with Gasteiger partial charge in [0.25, 0.3) is 5.91 Å². The molecule has 2 aliphatic rings. The van der Waals surface area contributed by atoms with Gasteiger partial charge in [0, 0.05) is 20.0 Å². The van der Waals surface area contributed by atoms with Crippen LogP contribution < -0.4 is 5.43 Å². The number of carbonyl (C=O) groups is 1. The minimum absolute atomic E-state index is 0.261. The van der Waals surface area contributed by atoms with Crippen molar-refractivity contribution in [3.05, 3.63) is 92.4 Å². The molecular formula is C23H20F2N4O3. The number of aryl methyl sites for hydroxylation is 2. The smallest absolute Gasteiger partial charge is 0.290 e. The molecule has 1 aliphatic heterocycles. The van der Waals surface area contributed by atoms with Crippen molar-refractivity contribution in [2.45, 2.75) is 24.9 Å². The lowest BCUT2D eigenvalue weighted by molar-refractivity contribution is -0.0538. The first-order chi connectivity index (χ1) is 15.3. The standard InChI is InChI=1S/C23H20F2N4O3/c1-27-22(29-20(23(32)28(27)2)21(31)18(30)11-26-29)19-16-9-14(24)7-5-12(16)3-4-13-6-8-15(25)10-17(13)19/h5-11,19,22,31H,3-4H2,1-2H3/t22-/m0/s1. The maximum Gasteiger partial charge on any atom is 0.290 e. The Kier molecular flexibility index (Phi) is 4.59. The molecule has 2 aromatic carbocycles. The average Bonchev–Trinajstić information content (AvgIpc) is 2.91. The number of rotatable bonds is 1. The molecule has 3 aromatic rings. The van der Waals surface area contributed by atoms with Gasteiger partial charge in [-0.2, -0.15) is 10.1 Å². The highest BCUT2D eigenvalue weighted by Gasteiger charge is 2.43. The molecule has 0 bridgehead atoms. The fourth-order valence-electron chi connectivity index (χ4n) is 4.77. The molecule has 0 saturated carbocycles. The summed E-state index contributed by atoms with van der Waals surface area (Å²) in [7, 11) is 3.16. The molecule has 7 nitrogen and oxygen atoms in total. The third-order valence-corrected chi connectivity index (χ3v) is 6.44. The van der Waals surface area contributed by atoms with Crippen molar-refractivity contribution in [3.63, 3.8) is 0 Å². The van der Waals surface area contributed by atoms with Gasteiger partial charge in [-0.15, -0.1) is 0 Å². The molecule has 2 heterocycles. The van der Waals surface area contributed by atoms with Crippen LogP contribution in [-0.2, 0) is 12.8 Å². The number of aromatic hydroxyl groups is 1. The third-order valence-electron chi connectivity index (χ3n) is 6.44. The topological polar surface area (TPSA) is 78.7 Å². The number of nitrogens with zero attached hydrogens (tertiary/aromatic N) is 4. The summed E-state index contributed by atoms with van der Waals surface area (Å²) >= 11 is 0. The molecule has 1 atom stereocenters. The van der Waals surface area contributed by atoms with E-state index in [1.165, 1.54) is 41.0 Å². The van der Waals surface area contributed by atoms with Crippen LogP contribution in [0.4, 0.5) is 8.78 Å². The highest BCUT2D eigenvalue weighted by Crippen LogP contribution is 2.45. The van der Waals surface area contributed by atoms with Crippen LogP contribution in [0.2, 0.25) is 0 Å². The Labute approximate surface area is 182 Å². The molecule has 1 aromatic heterocycles. The molecule has 0 spiro atoms. The Bertz CT molecular complexity index is 1270. The largest absolute Gasteiger partial charge is 0.502 e. The Morgan fingerprint density at radius 1 is 0.969 bits per heavy atom. The Hall–Kier alpha value is -3.59. The predicted molar refractivity (Wildman–Crippen MR) is 111 cm³/mol. The molecule has 0 saturated heterocycles. The Morgan fingerprint density at radius 3 is 2.09 bits per heavy atom. The van der Waals surface area contributed by atoms with Gasteiger partial charge >= 0.3 is 0 Å². The van der Waals surface area contributed by atoms with Crippen molar-refractivity contribution < 1.29 is 18.7 Å². The van der Waals surface area contributed by atoms with Crippen molar-refractivity contribution in [1.29, 1.82) is 0 Å². The first kappa shape index (κ1) is 20.3. The van der Waals surface area contributed by atoms with E-state index in [0.717, 1.165) is 17.3 Å². The van der Waals surface area contributed by atoms with Crippen LogP contribution in [0.15, 0.2) is 47.4 Å². The minimum Gasteiger partial charge on any atom is -0.502 e. The van der Waals surface area contributed by atoms with Crippen molar-refractivity contribution >= 4 is 5.91 Å². The van der Waals surface area contributed by atoms with Gasteiger partial charge in [-0.1, -0.05) is 12.1 Å². The number of aromatic nitrogens is 2. The van der Waals surface area contributed by atoms with E-state index in [1.807, 2.05) is 0 Å². The third kappa shape index (κ3) is 2.92. The van der Waals surface area contributed by atoms with E-state index < -0.39 is 40.8 Å². The molecule has 1 aliphatic carbocycles. The van der Waals surface area contributed by atoms with E-state index in [1.54, 1.807) is 24.2 Å². The van der Waals surface area contributed by atoms with Crippen LogP contribution in [0.3, 0.4) is 0 Å². The van der Waals surface area contributed by atoms with Crippen LogP contribution in [0.1, 0.15) is 44.8 Å². The van der Waals surface area contributed by atoms with Crippen molar-refractivity contribution in [3.8, 4) is 5.75 Å². The fraction of sp³-hybridized carbons (Fsp3) is 0.261. The number of hydrogen-bond acceptors (Lipinski definition) is 5. The molecule has 1 amide bonds. The van der Waals surface area contributed by atoms with E-state index in [-0.39, 0.29) is 5.69 Å². The average molecular weight is 438 g/mol. The second-order valence-corrected chi connectivity index (χ2v) is 8.13. The van der Waals surface area contributed by atoms with Crippen LogP contribution in [-0.4, -0.2) is 44.9 Å². The number of halogens is 2. The van der Waals surface area contributed by atoms with Gasteiger partial charge in [-0.25, -0.2) is 13.5 Å². The zero-order chi connectivity index (χ0) is 22.7. The number of likely N-dealkylation sites (N-methyl/N-ethyl adjacent to an activating group) is 1. The number of hydrogen-bond donors (Lipinski definition) is 1. The van der Waals surface area contributed by atoms with Crippen LogP contribution in [0, 0.1) is 11.6 Å². The van der Waals surface area contributed by atoms with Crippen LogP contribution >= 0.6 is 0 Å². The molecule has 32 heavy (non-hydrogen) atoms. The van der Waals surface area contributed by atoms with E-state index >= 15 is 0 Å². The zero-order valence-electron chi connectivity index (χ0n) is 17.4. The number of amides is 1. The molecule has 0 fully saturated rings. The Balaban J connectivity index is 1.85. The lowest BCUT2D eigenvalue weighted by atomic mass is 9.84. The molecule has 0 unspecified atom stereocenters. The van der Waals surface area contributed by atoms with Crippen molar-refractivity contribution in [2.24, 2.45) is 0 Å². The highest BCUT2D eigenvalue weighted by molar-refractivity contribution is 5.95. The summed E-state index contributed by atoms with van der Waals surface area (Å²) in [5.74, 6) is -2.83. The SMILES string of the molecule is CN1C(=O)c2c(O)c(=O)cnn2[C@@H](C2c3cc(F)ccc3CCc3ccc(F)cc32)N1C. The lowest BCUT2D eigenvalue weighted by Gasteiger charge is -2.44. The molecule has 9 heteroatoms. The van der Waals surface area contributed by atoms with Crippen molar-refractivity contribution in [1.82, 2.24) is 19.8 Å². The van der Waals surface area contributed by atoms with E-state index in [2.05, 4.69) is 5.10 Å². The Morgan fingerprint density at radius 2 is 1.53 bits per heavy atom. The van der Waals surface area contributed by atoms with Gasteiger partial charge in [0.1, 0.15) is 17.8 Å². The number of carbonyl (C=O) groups excluding carboxylic acids is 1. The number of benzene rings is 2. The fourth-order valence-corrected chi connectivity index (χ4v) is 4.77. The maximum atomic E-state index is 14.4. The molecular weight excluding hydrogens is 418 g/mol. The van der Waals surface area contributed by atoms with Gasteiger partial charge in [0.2, 0.25) is 5.43 Å². The summed E-state index contributed by atoms with van der Waals surface area (Å²) in [5, 5.41) is 17.4. The summed E-state index contributed by atoms with van der Waals surface area (Å²) in [6.07, 6.45) is 1.42. The summed E-state index contributed by atoms with van der Waals surface area (Å²) < 4.78 is 30.1. The summed E-state index contributed by atoms with van der Waals surface area (Å²) in [5.41, 5.74) is 2.03. The van der Waals surface area contributed by atoms with Crippen LogP contribution in [0.25, 0.3) is 0 Å². The van der Waals surface area contributed by atoms with Gasteiger partial charge in [0.05, 0.1) is 6.20 Å². The monoisotopic (exact) mass is 438 g/mol. The highest BCUT2D eigenvalue weighted by atomic mass is 19.1. The van der Waals surface area contributed by atoms with Gasteiger partial charge in [-0.05, 0) is 59.4 Å². The first-order valence-electron chi connectivity index (χ1n) is 10.2. The van der Waals surface area contributed by atoms with E-state index in [4.69, 9.17) is 0 Å². The molecule has 1 N–H and O–H groups in total. The van der Waals surface area contributed by atoms with E-state index in [0.29, 0.717) is 24.0 Å². The van der Waals surface area contributed by atoms with Gasteiger partial charge in [0.15, 0.2) is 11.4 Å². The normalized spacial score (nSPS) is 18.7. The molecule has 164 valence electrons. The van der Waals surface area contributed by atoms with Gasteiger partial charge < -0.3 is 5.11 Å². The summed E-state index contributed by atoms with van der Waals surface area (Å²) in [6.45, 7) is 0. The molecule has 5 rings (SSSR count). The number of hydrazine groups is 1. The summed E-state index contributed by atoms with van der Waals surface area (Å²) in [4.78, 5) is 24.9. The maximum absolute atomic E-state index is 14.4. The summed E-state index contributed by atoms with van der Waals surface area (Å²) in [6, 6.07) is 9.06. The zero-order valence-corrected chi connectivity index (χ0v) is 17.4. The van der Waals surface area contributed by atoms with Crippen molar-refractivity contribution in [2.75, 3.05) is 14.1 Å². The van der Waals surface area contributed by atoms with E-state index in [9.17, 15) is 23.5 Å².